The molecule has 1 aliphatic heterocycles. The molecule has 0 spiro atoms. The van der Waals surface area contributed by atoms with Crippen molar-refractivity contribution in [3.05, 3.63) is 64.6 Å². The van der Waals surface area contributed by atoms with E-state index in [0.717, 1.165) is 28.8 Å². The molecule has 2 aromatic rings. The number of carbonyl (C=O) groups is 2. The Bertz CT molecular complexity index is 1020. The maximum atomic E-state index is 13.0. The van der Waals surface area contributed by atoms with E-state index in [2.05, 4.69) is 0 Å². The van der Waals surface area contributed by atoms with Gasteiger partial charge >= 0.3 is 12.1 Å². The summed E-state index contributed by atoms with van der Waals surface area (Å²) in [4.78, 5) is 24.7. The smallest absolute Gasteiger partial charge is 0.416 e. The normalized spacial score (nSPS) is 15.8. The van der Waals surface area contributed by atoms with Gasteiger partial charge in [-0.15, -0.1) is 0 Å². The molecule has 1 heterocycles. The Morgan fingerprint density at radius 3 is 2.62 bits per heavy atom. The number of carboxylic acid groups (broad SMARTS) is 1. The zero-order valence-electron chi connectivity index (χ0n) is 14.5. The molecule has 1 fully saturated rings. The number of alkyl halides is 3. The van der Waals surface area contributed by atoms with E-state index in [1.165, 1.54) is 18.2 Å². The first kappa shape index (κ1) is 20.9. The average molecular weight is 439 g/mol. The number of para-hydroxylation sites is 1. The van der Waals surface area contributed by atoms with Crippen LogP contribution in [0.1, 0.15) is 11.1 Å². The van der Waals surface area contributed by atoms with Gasteiger partial charge in [-0.25, -0.2) is 4.79 Å². The topological polar surface area (TPSA) is 66.8 Å². The van der Waals surface area contributed by atoms with Gasteiger partial charge in [0.15, 0.2) is 10.9 Å². The summed E-state index contributed by atoms with van der Waals surface area (Å²) in [6, 6.07) is 10.8. The van der Waals surface area contributed by atoms with Crippen LogP contribution in [0.15, 0.2) is 53.4 Å². The maximum absolute atomic E-state index is 13.0. The summed E-state index contributed by atoms with van der Waals surface area (Å²) in [5.74, 6) is -1.48. The summed E-state index contributed by atoms with van der Waals surface area (Å²) >= 11 is 6.12. The Morgan fingerprint density at radius 2 is 1.93 bits per heavy atom. The number of halogens is 3. The predicted molar refractivity (Wildman–Crippen MR) is 107 cm³/mol. The highest BCUT2D eigenvalue weighted by Crippen LogP contribution is 2.39. The average Bonchev–Trinajstić information content (AvgIpc) is 2.93. The molecule has 5 nitrogen and oxygen atoms in total. The number of rotatable bonds is 5. The van der Waals surface area contributed by atoms with E-state index < -0.39 is 30.2 Å². The fraction of sp³-hybridized carbons (Fsp3) is 0.105. The summed E-state index contributed by atoms with van der Waals surface area (Å²) < 4.78 is 44.2. The lowest BCUT2D eigenvalue weighted by Crippen LogP contribution is -2.27. The number of ether oxygens (including phenoxy) is 1. The molecule has 150 valence electrons. The third-order valence-corrected chi connectivity index (χ3v) is 5.08. The highest BCUT2D eigenvalue weighted by molar-refractivity contribution is 8.27. The maximum Gasteiger partial charge on any atom is 0.416 e. The second-order valence-electron chi connectivity index (χ2n) is 5.79. The molecule has 29 heavy (non-hydrogen) atoms. The molecule has 1 aliphatic rings. The van der Waals surface area contributed by atoms with Crippen LogP contribution in [-0.4, -0.2) is 27.9 Å². The van der Waals surface area contributed by atoms with Gasteiger partial charge in [0.05, 0.1) is 16.2 Å². The van der Waals surface area contributed by atoms with Crippen LogP contribution in [-0.2, 0) is 15.8 Å². The number of thiocarbonyl (C=S) groups is 1. The lowest BCUT2D eigenvalue weighted by Gasteiger charge is -2.16. The molecule has 1 N–H and O–H groups in total. The van der Waals surface area contributed by atoms with E-state index in [1.54, 1.807) is 24.3 Å². The minimum Gasteiger partial charge on any atom is -0.481 e. The summed E-state index contributed by atoms with van der Waals surface area (Å²) in [5, 5.41) is 8.76. The van der Waals surface area contributed by atoms with E-state index in [-0.39, 0.29) is 20.7 Å². The number of carboxylic acids is 1. The first-order chi connectivity index (χ1) is 13.7. The third-order valence-electron chi connectivity index (χ3n) is 3.78. The molecular formula is C19H12F3NO4S2. The molecule has 3 rings (SSSR count). The molecule has 0 atom stereocenters. The minimum absolute atomic E-state index is 0.0149. The number of aliphatic carboxylic acids is 1. The van der Waals surface area contributed by atoms with Crippen molar-refractivity contribution in [1.29, 1.82) is 0 Å². The lowest BCUT2D eigenvalue weighted by atomic mass is 10.1. The first-order valence-corrected chi connectivity index (χ1v) is 9.28. The fourth-order valence-corrected chi connectivity index (χ4v) is 3.81. The van der Waals surface area contributed by atoms with Crippen molar-refractivity contribution in [3.63, 3.8) is 0 Å². The standard InChI is InChI=1S/C19H12F3NO4S2/c20-19(21,22)12-5-3-6-13(9-12)23-17(26)15(29-18(23)28)8-11-4-1-2-7-14(11)27-10-16(24)25/h1-9H,10H2,(H,24,25). The molecular weight excluding hydrogens is 427 g/mol. The van der Waals surface area contributed by atoms with Crippen molar-refractivity contribution < 1.29 is 32.6 Å². The van der Waals surface area contributed by atoms with Crippen molar-refractivity contribution >= 4 is 51.9 Å². The van der Waals surface area contributed by atoms with Crippen LogP contribution in [0.25, 0.3) is 6.08 Å². The van der Waals surface area contributed by atoms with Crippen molar-refractivity contribution in [2.75, 3.05) is 11.5 Å². The Morgan fingerprint density at radius 1 is 1.21 bits per heavy atom. The van der Waals surface area contributed by atoms with Gasteiger partial charge in [-0.1, -0.05) is 48.2 Å². The lowest BCUT2D eigenvalue weighted by molar-refractivity contribution is -0.139. The largest absolute Gasteiger partial charge is 0.481 e. The zero-order chi connectivity index (χ0) is 21.2. The van der Waals surface area contributed by atoms with E-state index in [1.807, 2.05) is 0 Å². The van der Waals surface area contributed by atoms with E-state index >= 15 is 0 Å². The molecule has 1 saturated heterocycles. The molecule has 0 radical (unpaired) electrons. The van der Waals surface area contributed by atoms with E-state index in [4.69, 9.17) is 22.1 Å². The molecule has 0 saturated carbocycles. The van der Waals surface area contributed by atoms with Crippen LogP contribution >= 0.6 is 24.0 Å². The SMILES string of the molecule is O=C(O)COc1ccccc1C=C1SC(=S)N(c2cccc(C(F)(F)F)c2)C1=O. The number of benzene rings is 2. The molecule has 2 aromatic carbocycles. The van der Waals surface area contributed by atoms with Crippen LogP contribution in [0.4, 0.5) is 18.9 Å². The monoisotopic (exact) mass is 439 g/mol. The van der Waals surface area contributed by atoms with Crippen LogP contribution in [0.2, 0.25) is 0 Å². The predicted octanol–water partition coefficient (Wildman–Crippen LogP) is 4.57. The number of nitrogens with zero attached hydrogens (tertiary/aromatic N) is 1. The van der Waals surface area contributed by atoms with Crippen molar-refractivity contribution in [3.8, 4) is 5.75 Å². The van der Waals surface area contributed by atoms with Crippen LogP contribution in [0.3, 0.4) is 0 Å². The van der Waals surface area contributed by atoms with Crippen molar-refractivity contribution in [2.24, 2.45) is 0 Å². The highest BCUT2D eigenvalue weighted by Gasteiger charge is 2.36. The van der Waals surface area contributed by atoms with Gasteiger partial charge in [0.1, 0.15) is 5.75 Å². The summed E-state index contributed by atoms with van der Waals surface area (Å²) in [7, 11) is 0. The van der Waals surface area contributed by atoms with Gasteiger partial charge in [0.2, 0.25) is 0 Å². The summed E-state index contributed by atoms with van der Waals surface area (Å²) in [6.45, 7) is -0.559. The Kier molecular flexibility index (Phi) is 5.94. The Labute approximate surface area is 172 Å². The second-order valence-corrected chi connectivity index (χ2v) is 7.46. The number of hydrogen-bond acceptors (Lipinski definition) is 5. The number of thioether (sulfide) groups is 1. The van der Waals surface area contributed by atoms with Gasteiger partial charge in [0, 0.05) is 5.56 Å². The second kappa shape index (κ2) is 8.26. The van der Waals surface area contributed by atoms with Gasteiger partial charge < -0.3 is 9.84 Å². The van der Waals surface area contributed by atoms with Gasteiger partial charge in [-0.05, 0) is 30.3 Å². The summed E-state index contributed by atoms with van der Waals surface area (Å²) in [5.41, 5.74) is -0.431. The van der Waals surface area contributed by atoms with Crippen LogP contribution < -0.4 is 9.64 Å². The quantitative estimate of drug-likeness (QED) is 0.544. The molecule has 1 amide bonds. The molecule has 0 aromatic heterocycles. The van der Waals surface area contributed by atoms with Crippen LogP contribution in [0, 0.1) is 0 Å². The molecule has 0 unspecified atom stereocenters. The number of carbonyl (C=O) groups excluding carboxylic acids is 1. The Hall–Kier alpha value is -2.85. The minimum atomic E-state index is -4.55. The van der Waals surface area contributed by atoms with Crippen LogP contribution in [0.5, 0.6) is 5.75 Å². The number of anilines is 1. The Balaban J connectivity index is 1.91. The van der Waals surface area contributed by atoms with Gasteiger partial charge in [-0.2, -0.15) is 13.2 Å². The molecule has 10 heteroatoms. The molecule has 0 aliphatic carbocycles. The van der Waals surface area contributed by atoms with Gasteiger partial charge in [-0.3, -0.25) is 9.69 Å². The summed E-state index contributed by atoms with van der Waals surface area (Å²) in [6.07, 6.45) is -3.09. The first-order valence-electron chi connectivity index (χ1n) is 8.05. The van der Waals surface area contributed by atoms with E-state index in [0.29, 0.717) is 5.56 Å². The molecule has 0 bridgehead atoms. The number of amides is 1. The van der Waals surface area contributed by atoms with Crippen molar-refractivity contribution in [1.82, 2.24) is 0 Å². The van der Waals surface area contributed by atoms with E-state index in [9.17, 15) is 22.8 Å². The third kappa shape index (κ3) is 4.77. The number of hydrogen-bond donors (Lipinski definition) is 1. The van der Waals surface area contributed by atoms with Crippen molar-refractivity contribution in [2.45, 2.75) is 6.18 Å². The fourth-order valence-electron chi connectivity index (χ4n) is 2.52. The highest BCUT2D eigenvalue weighted by atomic mass is 32.2. The van der Waals surface area contributed by atoms with Gasteiger partial charge in [0.25, 0.3) is 5.91 Å². The zero-order valence-corrected chi connectivity index (χ0v) is 16.1.